The van der Waals surface area contributed by atoms with Gasteiger partial charge in [-0.15, -0.1) is 0 Å². The number of rotatable bonds is 8. The van der Waals surface area contributed by atoms with Gasteiger partial charge in [-0.2, -0.15) is 0 Å². The van der Waals surface area contributed by atoms with Crippen LogP contribution in [-0.4, -0.2) is 55.9 Å². The van der Waals surface area contributed by atoms with Crippen LogP contribution in [0.25, 0.3) is 0 Å². The van der Waals surface area contributed by atoms with Crippen molar-refractivity contribution in [2.24, 2.45) is 5.41 Å². The molecule has 1 amide bonds. The van der Waals surface area contributed by atoms with Crippen molar-refractivity contribution in [3.8, 4) is 0 Å². The Balaban J connectivity index is 2.05. The molecule has 1 heterocycles. The van der Waals surface area contributed by atoms with E-state index in [1.54, 1.807) is 0 Å². The summed E-state index contributed by atoms with van der Waals surface area (Å²) >= 11 is 0. The minimum absolute atomic E-state index is 0.142. The summed E-state index contributed by atoms with van der Waals surface area (Å²) < 4.78 is 5.48. The molecule has 0 aromatic carbocycles. The number of nitrogens with zero attached hydrogens (tertiary/aromatic N) is 1. The summed E-state index contributed by atoms with van der Waals surface area (Å²) in [6.07, 6.45) is 0.508. The topological polar surface area (TPSA) is 53.4 Å². The molecule has 118 valence electrons. The highest BCUT2D eigenvalue weighted by molar-refractivity contribution is 5.67. The van der Waals surface area contributed by atoms with Gasteiger partial charge in [0.25, 0.3) is 0 Å². The highest BCUT2D eigenvalue weighted by Gasteiger charge is 2.28. The van der Waals surface area contributed by atoms with Crippen LogP contribution in [0.15, 0.2) is 0 Å². The Bertz CT molecular complexity index is 307. The average molecular weight is 285 g/mol. The Hall–Kier alpha value is -0.810. The molecule has 20 heavy (non-hydrogen) atoms. The lowest BCUT2D eigenvalue weighted by molar-refractivity contribution is 0.0103. The van der Waals surface area contributed by atoms with Gasteiger partial charge in [-0.3, -0.25) is 4.90 Å². The van der Waals surface area contributed by atoms with Crippen LogP contribution in [0.3, 0.4) is 0 Å². The molecule has 0 spiro atoms. The second-order valence-corrected chi connectivity index (χ2v) is 7.41. The molecule has 1 saturated heterocycles. The molecule has 0 radical (unpaired) electrons. The zero-order chi connectivity index (χ0) is 15.2. The van der Waals surface area contributed by atoms with Crippen LogP contribution in [0, 0.1) is 5.41 Å². The van der Waals surface area contributed by atoms with E-state index in [0.717, 1.165) is 26.1 Å². The van der Waals surface area contributed by atoms with E-state index in [0.29, 0.717) is 6.54 Å². The van der Waals surface area contributed by atoms with Gasteiger partial charge in [-0.25, -0.2) is 4.79 Å². The highest BCUT2D eigenvalue weighted by atomic mass is 16.6. The second-order valence-electron chi connectivity index (χ2n) is 7.41. The van der Waals surface area contributed by atoms with E-state index in [1.165, 1.54) is 13.1 Å². The predicted octanol–water partition coefficient (Wildman–Crippen LogP) is 1.83. The van der Waals surface area contributed by atoms with Gasteiger partial charge in [-0.05, 0) is 25.7 Å². The Kier molecular flexibility index (Phi) is 6.27. The van der Waals surface area contributed by atoms with Gasteiger partial charge in [0, 0.05) is 39.3 Å². The summed E-state index contributed by atoms with van der Waals surface area (Å²) in [6.45, 7) is 16.3. The molecule has 1 aliphatic heterocycles. The zero-order valence-corrected chi connectivity index (χ0v) is 13.7. The standard InChI is InChI=1S/C15H31N3O2/c1-14(2,3)12-15(4,5)20-13(19)17-7-6-16-8-9-18-10-11-18/h16H,6-12H2,1-5H3,(H,17,19). The summed E-state index contributed by atoms with van der Waals surface area (Å²) in [7, 11) is 0. The van der Waals surface area contributed by atoms with Crippen LogP contribution in [0.2, 0.25) is 0 Å². The molecule has 0 aromatic rings. The molecule has 0 saturated carbocycles. The number of alkyl carbamates (subject to hydrolysis) is 1. The first-order valence-corrected chi connectivity index (χ1v) is 7.58. The van der Waals surface area contributed by atoms with Crippen LogP contribution < -0.4 is 10.6 Å². The van der Waals surface area contributed by atoms with Crippen LogP contribution in [0.5, 0.6) is 0 Å². The van der Waals surface area contributed by atoms with E-state index in [-0.39, 0.29) is 11.5 Å². The normalized spacial score (nSPS) is 16.1. The SMILES string of the molecule is CC(C)(C)CC(C)(C)OC(=O)NCCNCCN1CC1. The van der Waals surface area contributed by atoms with Crippen LogP contribution in [-0.2, 0) is 4.74 Å². The number of amides is 1. The zero-order valence-electron chi connectivity index (χ0n) is 13.7. The Morgan fingerprint density at radius 2 is 1.75 bits per heavy atom. The van der Waals surface area contributed by atoms with Crippen molar-refractivity contribution < 1.29 is 9.53 Å². The third kappa shape index (κ3) is 9.15. The number of hydrogen-bond acceptors (Lipinski definition) is 4. The number of ether oxygens (including phenoxy) is 1. The first kappa shape index (κ1) is 17.2. The van der Waals surface area contributed by atoms with Crippen molar-refractivity contribution in [2.45, 2.75) is 46.6 Å². The monoisotopic (exact) mass is 285 g/mol. The molecular weight excluding hydrogens is 254 g/mol. The molecule has 5 heteroatoms. The number of carbonyl (C=O) groups excluding carboxylic acids is 1. The number of nitrogens with one attached hydrogen (secondary N) is 2. The lowest BCUT2D eigenvalue weighted by Crippen LogP contribution is -2.39. The summed E-state index contributed by atoms with van der Waals surface area (Å²) in [5.41, 5.74) is -0.293. The van der Waals surface area contributed by atoms with Crippen molar-refractivity contribution >= 4 is 6.09 Å². The summed E-state index contributed by atoms with van der Waals surface area (Å²) in [5.74, 6) is 0. The molecular formula is C15H31N3O2. The van der Waals surface area contributed by atoms with Gasteiger partial charge in [0.15, 0.2) is 0 Å². The second kappa shape index (κ2) is 7.27. The first-order valence-electron chi connectivity index (χ1n) is 7.58. The minimum atomic E-state index is -0.436. The van der Waals surface area contributed by atoms with Gasteiger partial charge >= 0.3 is 6.09 Å². The molecule has 1 rings (SSSR count). The van der Waals surface area contributed by atoms with E-state index < -0.39 is 5.60 Å². The molecule has 5 nitrogen and oxygen atoms in total. The molecule has 2 N–H and O–H groups in total. The van der Waals surface area contributed by atoms with Gasteiger partial charge in [0.2, 0.25) is 0 Å². The molecule has 0 atom stereocenters. The van der Waals surface area contributed by atoms with Gasteiger partial charge < -0.3 is 15.4 Å². The van der Waals surface area contributed by atoms with Crippen molar-refractivity contribution in [3.05, 3.63) is 0 Å². The Morgan fingerprint density at radius 3 is 2.30 bits per heavy atom. The molecule has 0 aliphatic carbocycles. The predicted molar refractivity (Wildman–Crippen MR) is 81.9 cm³/mol. The molecule has 1 aliphatic rings. The van der Waals surface area contributed by atoms with Crippen molar-refractivity contribution in [1.82, 2.24) is 15.5 Å². The van der Waals surface area contributed by atoms with Crippen molar-refractivity contribution in [3.63, 3.8) is 0 Å². The maximum Gasteiger partial charge on any atom is 0.407 e. The summed E-state index contributed by atoms with van der Waals surface area (Å²) in [6, 6.07) is 0. The quantitative estimate of drug-likeness (QED) is 0.528. The van der Waals surface area contributed by atoms with Crippen molar-refractivity contribution in [2.75, 3.05) is 39.3 Å². The highest BCUT2D eigenvalue weighted by Crippen LogP contribution is 2.29. The Labute approximate surface area is 123 Å². The van der Waals surface area contributed by atoms with Crippen LogP contribution in [0.4, 0.5) is 4.79 Å². The van der Waals surface area contributed by atoms with E-state index in [4.69, 9.17) is 4.74 Å². The van der Waals surface area contributed by atoms with Gasteiger partial charge in [0.1, 0.15) is 5.60 Å². The lowest BCUT2D eigenvalue weighted by atomic mass is 9.84. The fraction of sp³-hybridized carbons (Fsp3) is 0.933. The lowest BCUT2D eigenvalue weighted by Gasteiger charge is -2.32. The minimum Gasteiger partial charge on any atom is -0.444 e. The average Bonchev–Trinajstić information content (AvgIpc) is 3.02. The number of carbonyl (C=O) groups is 1. The van der Waals surface area contributed by atoms with E-state index >= 15 is 0 Å². The third-order valence-electron chi connectivity index (χ3n) is 3.04. The fourth-order valence-electron chi connectivity index (χ4n) is 2.51. The van der Waals surface area contributed by atoms with Crippen molar-refractivity contribution in [1.29, 1.82) is 0 Å². The maximum absolute atomic E-state index is 11.7. The van der Waals surface area contributed by atoms with Gasteiger partial charge in [-0.1, -0.05) is 20.8 Å². The van der Waals surface area contributed by atoms with E-state index in [2.05, 4.69) is 36.3 Å². The van der Waals surface area contributed by atoms with E-state index in [9.17, 15) is 4.79 Å². The maximum atomic E-state index is 11.7. The number of hydrogen-bond donors (Lipinski definition) is 2. The summed E-state index contributed by atoms with van der Waals surface area (Å²) in [5, 5.41) is 6.09. The van der Waals surface area contributed by atoms with Crippen LogP contribution >= 0.6 is 0 Å². The first-order chi connectivity index (χ1) is 9.18. The molecule has 1 fully saturated rings. The molecule has 0 aromatic heterocycles. The fourth-order valence-corrected chi connectivity index (χ4v) is 2.51. The molecule has 0 bridgehead atoms. The van der Waals surface area contributed by atoms with Crippen LogP contribution in [0.1, 0.15) is 41.0 Å². The summed E-state index contributed by atoms with van der Waals surface area (Å²) in [4.78, 5) is 14.1. The van der Waals surface area contributed by atoms with Gasteiger partial charge in [0.05, 0.1) is 0 Å². The molecule has 0 unspecified atom stereocenters. The smallest absolute Gasteiger partial charge is 0.407 e. The Morgan fingerprint density at radius 1 is 1.10 bits per heavy atom. The van der Waals surface area contributed by atoms with E-state index in [1.807, 2.05) is 13.8 Å². The largest absolute Gasteiger partial charge is 0.444 e. The third-order valence-corrected chi connectivity index (χ3v) is 3.04.